The number of carbonyl (C=O) groups is 1. The molecule has 0 aliphatic carbocycles. The van der Waals surface area contributed by atoms with Gasteiger partial charge in [-0.2, -0.15) is 5.10 Å². The molecule has 0 unspecified atom stereocenters. The number of carbonyl (C=O) groups excluding carboxylic acids is 1. The van der Waals surface area contributed by atoms with Gasteiger partial charge in [0, 0.05) is 11.6 Å². The van der Waals surface area contributed by atoms with Crippen molar-refractivity contribution in [2.45, 2.75) is 6.10 Å². The Bertz CT molecular complexity index is 855. The van der Waals surface area contributed by atoms with E-state index in [2.05, 4.69) is 26.5 Å². The molecule has 25 heavy (non-hydrogen) atoms. The minimum absolute atomic E-state index is 0.0715. The van der Waals surface area contributed by atoms with Gasteiger partial charge in [-0.25, -0.2) is 5.43 Å². The zero-order valence-electron chi connectivity index (χ0n) is 12.7. The molecular weight excluding hydrogens is 394 g/mol. The lowest BCUT2D eigenvalue weighted by atomic mass is 10.2. The van der Waals surface area contributed by atoms with Gasteiger partial charge in [-0.1, -0.05) is 18.2 Å². The van der Waals surface area contributed by atoms with E-state index in [-0.39, 0.29) is 12.3 Å². The van der Waals surface area contributed by atoms with Crippen molar-refractivity contribution in [1.82, 2.24) is 5.43 Å². The predicted molar refractivity (Wildman–Crippen MR) is 92.9 cm³/mol. The fraction of sp³-hybridized carbons (Fsp3) is 0.125. The Morgan fingerprint density at radius 3 is 2.84 bits per heavy atom. The normalized spacial score (nSPS) is 15.8. The topological polar surface area (TPSA) is 103 Å². The van der Waals surface area contributed by atoms with Crippen molar-refractivity contribution in [3.8, 4) is 11.5 Å². The highest BCUT2D eigenvalue weighted by Gasteiger charge is 2.27. The van der Waals surface area contributed by atoms with Crippen LogP contribution in [0.5, 0.6) is 11.5 Å². The van der Waals surface area contributed by atoms with Crippen molar-refractivity contribution in [3.05, 3.63) is 62.6 Å². The quantitative estimate of drug-likeness (QED) is 0.478. The van der Waals surface area contributed by atoms with E-state index in [1.807, 2.05) is 6.07 Å². The van der Waals surface area contributed by atoms with Crippen molar-refractivity contribution in [2.24, 2.45) is 5.10 Å². The average Bonchev–Trinajstić information content (AvgIpc) is 2.62. The van der Waals surface area contributed by atoms with Crippen LogP contribution in [-0.4, -0.2) is 29.8 Å². The molecule has 1 heterocycles. The molecule has 1 amide bonds. The van der Waals surface area contributed by atoms with Crippen LogP contribution in [0.1, 0.15) is 5.56 Å². The number of rotatable bonds is 4. The average molecular weight is 406 g/mol. The SMILES string of the molecule is O=C(N/N=C\c1ccc(Br)c([N+](=O)[O-])c1)[C@H]1COc2ccccc2O1. The number of nitro groups is 1. The molecule has 2 aromatic rings. The number of nitro benzene ring substituents is 1. The summed E-state index contributed by atoms with van der Waals surface area (Å²) >= 11 is 3.10. The first-order chi connectivity index (χ1) is 12.0. The van der Waals surface area contributed by atoms with Crippen LogP contribution in [-0.2, 0) is 4.79 Å². The molecule has 3 rings (SSSR count). The highest BCUT2D eigenvalue weighted by molar-refractivity contribution is 9.10. The predicted octanol–water partition coefficient (Wildman–Crippen LogP) is 2.65. The molecule has 9 heteroatoms. The molecular formula is C16H12BrN3O5. The van der Waals surface area contributed by atoms with Crippen LogP contribution < -0.4 is 14.9 Å². The van der Waals surface area contributed by atoms with E-state index in [0.717, 1.165) is 0 Å². The number of hydrazone groups is 1. The van der Waals surface area contributed by atoms with Gasteiger partial charge in [0.15, 0.2) is 11.5 Å². The summed E-state index contributed by atoms with van der Waals surface area (Å²) < 4.78 is 11.4. The van der Waals surface area contributed by atoms with Gasteiger partial charge in [-0.3, -0.25) is 14.9 Å². The van der Waals surface area contributed by atoms with E-state index in [9.17, 15) is 14.9 Å². The summed E-state index contributed by atoms with van der Waals surface area (Å²) in [4.78, 5) is 22.5. The van der Waals surface area contributed by atoms with Crippen molar-refractivity contribution in [2.75, 3.05) is 6.61 Å². The molecule has 1 atom stereocenters. The molecule has 0 saturated carbocycles. The minimum atomic E-state index is -0.827. The molecule has 1 aliphatic heterocycles. The Hall–Kier alpha value is -2.94. The van der Waals surface area contributed by atoms with Crippen LogP contribution >= 0.6 is 15.9 Å². The number of benzene rings is 2. The zero-order chi connectivity index (χ0) is 17.8. The summed E-state index contributed by atoms with van der Waals surface area (Å²) in [5.74, 6) is 0.594. The summed E-state index contributed by atoms with van der Waals surface area (Å²) in [5.41, 5.74) is 2.73. The lowest BCUT2D eigenvalue weighted by Gasteiger charge is -2.24. The van der Waals surface area contributed by atoms with Crippen LogP contribution in [0, 0.1) is 10.1 Å². The maximum Gasteiger partial charge on any atom is 0.284 e. The summed E-state index contributed by atoms with van der Waals surface area (Å²) in [7, 11) is 0. The summed E-state index contributed by atoms with van der Waals surface area (Å²) in [6, 6.07) is 11.6. The number of ether oxygens (including phenoxy) is 2. The molecule has 0 radical (unpaired) electrons. The third-order valence-corrected chi connectivity index (χ3v) is 4.03. The Morgan fingerprint density at radius 1 is 1.32 bits per heavy atom. The number of nitrogens with zero attached hydrogens (tertiary/aromatic N) is 2. The second-order valence-electron chi connectivity index (χ2n) is 5.07. The first-order valence-electron chi connectivity index (χ1n) is 7.20. The van der Waals surface area contributed by atoms with E-state index in [1.54, 1.807) is 24.3 Å². The molecule has 0 aromatic heterocycles. The third kappa shape index (κ3) is 3.94. The first-order valence-corrected chi connectivity index (χ1v) is 7.99. The Balaban J connectivity index is 1.62. The fourth-order valence-electron chi connectivity index (χ4n) is 2.14. The second-order valence-corrected chi connectivity index (χ2v) is 5.92. The van der Waals surface area contributed by atoms with Crippen molar-refractivity contribution < 1.29 is 19.2 Å². The van der Waals surface area contributed by atoms with Crippen LogP contribution in [0.15, 0.2) is 52.0 Å². The van der Waals surface area contributed by atoms with Crippen molar-refractivity contribution in [1.29, 1.82) is 0 Å². The number of amides is 1. The van der Waals surface area contributed by atoms with E-state index in [1.165, 1.54) is 18.3 Å². The number of para-hydroxylation sites is 2. The molecule has 0 spiro atoms. The van der Waals surface area contributed by atoms with E-state index < -0.39 is 16.9 Å². The fourth-order valence-corrected chi connectivity index (χ4v) is 2.53. The monoisotopic (exact) mass is 405 g/mol. The van der Waals surface area contributed by atoms with Gasteiger partial charge < -0.3 is 9.47 Å². The molecule has 2 aromatic carbocycles. The maximum atomic E-state index is 12.1. The molecule has 8 nitrogen and oxygen atoms in total. The zero-order valence-corrected chi connectivity index (χ0v) is 14.3. The largest absolute Gasteiger partial charge is 0.485 e. The standard InChI is InChI=1S/C16H12BrN3O5/c17-11-6-5-10(7-12(11)20(22)23)8-18-19-16(21)15-9-24-13-3-1-2-4-14(13)25-15/h1-8,15H,9H2,(H,19,21)/b18-8-/t15-/m1/s1. The lowest BCUT2D eigenvalue weighted by Crippen LogP contribution is -2.42. The van der Waals surface area contributed by atoms with Crippen LogP contribution in [0.3, 0.4) is 0 Å². The smallest absolute Gasteiger partial charge is 0.284 e. The number of nitrogens with one attached hydrogen (secondary N) is 1. The second kappa shape index (κ2) is 7.31. The number of hydrogen-bond donors (Lipinski definition) is 1. The third-order valence-electron chi connectivity index (χ3n) is 3.36. The van der Waals surface area contributed by atoms with E-state index in [4.69, 9.17) is 9.47 Å². The number of fused-ring (bicyclic) bond motifs is 1. The molecule has 1 aliphatic rings. The van der Waals surface area contributed by atoms with Crippen LogP contribution in [0.25, 0.3) is 0 Å². The lowest BCUT2D eigenvalue weighted by molar-refractivity contribution is -0.385. The molecule has 128 valence electrons. The maximum absolute atomic E-state index is 12.1. The van der Waals surface area contributed by atoms with Gasteiger partial charge in [-0.15, -0.1) is 0 Å². The summed E-state index contributed by atoms with van der Waals surface area (Å²) in [5, 5.41) is 14.7. The van der Waals surface area contributed by atoms with Gasteiger partial charge in [0.25, 0.3) is 11.6 Å². The first kappa shape index (κ1) is 16.9. The van der Waals surface area contributed by atoms with Crippen molar-refractivity contribution >= 4 is 33.7 Å². The Kier molecular flexibility index (Phi) is 4.94. The summed E-state index contributed by atoms with van der Waals surface area (Å²) in [6.45, 7) is 0.0715. The van der Waals surface area contributed by atoms with Crippen LogP contribution in [0.2, 0.25) is 0 Å². The van der Waals surface area contributed by atoms with Gasteiger partial charge >= 0.3 is 0 Å². The minimum Gasteiger partial charge on any atom is -0.485 e. The van der Waals surface area contributed by atoms with Gasteiger partial charge in [-0.05, 0) is 34.1 Å². The van der Waals surface area contributed by atoms with E-state index in [0.29, 0.717) is 21.5 Å². The van der Waals surface area contributed by atoms with E-state index >= 15 is 0 Å². The molecule has 0 fully saturated rings. The van der Waals surface area contributed by atoms with Crippen molar-refractivity contribution in [3.63, 3.8) is 0 Å². The van der Waals surface area contributed by atoms with Gasteiger partial charge in [0.2, 0.25) is 6.10 Å². The highest BCUT2D eigenvalue weighted by Crippen LogP contribution is 2.30. The highest BCUT2D eigenvalue weighted by atomic mass is 79.9. The van der Waals surface area contributed by atoms with Gasteiger partial charge in [0.05, 0.1) is 15.6 Å². The molecule has 0 saturated heterocycles. The molecule has 1 N–H and O–H groups in total. The van der Waals surface area contributed by atoms with Gasteiger partial charge in [0.1, 0.15) is 6.61 Å². The van der Waals surface area contributed by atoms with Crippen LogP contribution in [0.4, 0.5) is 5.69 Å². The Labute approximate surface area is 150 Å². The number of hydrogen-bond acceptors (Lipinski definition) is 6. The number of halogens is 1. The summed E-state index contributed by atoms with van der Waals surface area (Å²) in [6.07, 6.45) is 0.487. The molecule has 0 bridgehead atoms. The Morgan fingerprint density at radius 2 is 2.08 bits per heavy atom.